The molecule has 7 heteroatoms. The number of aryl methyl sites for hydroxylation is 1. The van der Waals surface area contributed by atoms with E-state index in [0.29, 0.717) is 18.5 Å². The smallest absolute Gasteiger partial charge is 0.335 e. The van der Waals surface area contributed by atoms with E-state index in [-0.39, 0.29) is 22.9 Å². The summed E-state index contributed by atoms with van der Waals surface area (Å²) in [5.74, 6) is -0.978. The number of rotatable bonds is 3. The van der Waals surface area contributed by atoms with E-state index >= 15 is 0 Å². The number of nitro groups is 1. The minimum Gasteiger partial charge on any atom is -0.478 e. The summed E-state index contributed by atoms with van der Waals surface area (Å²) in [7, 11) is 0. The van der Waals surface area contributed by atoms with E-state index in [4.69, 9.17) is 5.11 Å². The first-order valence-corrected chi connectivity index (χ1v) is 6.25. The topological polar surface area (TPSA) is 83.7 Å². The van der Waals surface area contributed by atoms with Crippen molar-refractivity contribution in [3.05, 3.63) is 39.4 Å². The zero-order chi connectivity index (χ0) is 14.0. The second-order valence-electron chi connectivity index (χ2n) is 4.76. The van der Waals surface area contributed by atoms with Crippen LogP contribution < -0.4 is 4.90 Å². The number of carboxylic acid groups (broad SMARTS) is 1. The lowest BCUT2D eigenvalue weighted by Crippen LogP contribution is -2.44. The third-order valence-corrected chi connectivity index (χ3v) is 3.49. The molecule has 1 heterocycles. The van der Waals surface area contributed by atoms with Crippen molar-refractivity contribution >= 4 is 24.1 Å². The number of hydrogen-bond acceptors (Lipinski definition) is 4. The first kappa shape index (κ1) is 16.2. The van der Waals surface area contributed by atoms with Gasteiger partial charge in [0, 0.05) is 23.6 Å². The Morgan fingerprint density at radius 1 is 1.45 bits per heavy atom. The standard InChI is InChI=1S/C13H16N2O4.ClH/c1-9-8-10(5-6-11(9)13(16)17)14-7-3-2-4-12(14)15(18)19;/h5-6,8,12H,2-4,7H2,1H3,(H,16,17);1H. The summed E-state index contributed by atoms with van der Waals surface area (Å²) in [6.07, 6.45) is 1.61. The molecule has 0 aliphatic carbocycles. The lowest BCUT2D eigenvalue weighted by Gasteiger charge is -2.31. The van der Waals surface area contributed by atoms with Gasteiger partial charge in [0.05, 0.1) is 5.56 Å². The average molecular weight is 301 g/mol. The van der Waals surface area contributed by atoms with Gasteiger partial charge < -0.3 is 10.0 Å². The summed E-state index contributed by atoms with van der Waals surface area (Å²) in [5, 5.41) is 20.1. The van der Waals surface area contributed by atoms with Gasteiger partial charge in [-0.1, -0.05) is 0 Å². The molecule has 0 amide bonds. The Balaban J connectivity index is 0.00000200. The molecule has 0 bridgehead atoms. The number of hydrogen-bond donors (Lipinski definition) is 1. The van der Waals surface area contributed by atoms with Crippen LogP contribution in [0.15, 0.2) is 18.2 Å². The van der Waals surface area contributed by atoms with Gasteiger partial charge in [0.25, 0.3) is 6.17 Å². The molecule has 1 aliphatic rings. The molecule has 0 radical (unpaired) electrons. The van der Waals surface area contributed by atoms with Crippen LogP contribution in [0.2, 0.25) is 0 Å². The minimum atomic E-state index is -0.978. The molecule has 0 aromatic heterocycles. The Bertz CT molecular complexity index is 521. The van der Waals surface area contributed by atoms with Crippen molar-refractivity contribution in [3.8, 4) is 0 Å². The molecule has 6 nitrogen and oxygen atoms in total. The van der Waals surface area contributed by atoms with E-state index in [1.54, 1.807) is 24.0 Å². The van der Waals surface area contributed by atoms with E-state index in [1.165, 1.54) is 6.07 Å². The quantitative estimate of drug-likeness (QED) is 0.685. The molecule has 1 atom stereocenters. The SMILES string of the molecule is Cc1cc(N2CCCCC2[N+](=O)[O-])ccc1C(=O)O.Cl. The van der Waals surface area contributed by atoms with Crippen LogP contribution in [0, 0.1) is 17.0 Å². The van der Waals surface area contributed by atoms with Crippen LogP contribution in [0.1, 0.15) is 35.2 Å². The van der Waals surface area contributed by atoms with Crippen LogP contribution >= 0.6 is 12.4 Å². The van der Waals surface area contributed by atoms with Crippen LogP contribution in [-0.2, 0) is 0 Å². The van der Waals surface area contributed by atoms with Crippen molar-refractivity contribution in [2.75, 3.05) is 11.4 Å². The number of carbonyl (C=O) groups is 1. The van der Waals surface area contributed by atoms with E-state index in [1.807, 2.05) is 0 Å². The van der Waals surface area contributed by atoms with Crippen molar-refractivity contribution in [2.45, 2.75) is 32.4 Å². The molecule has 1 aromatic rings. The summed E-state index contributed by atoms with van der Waals surface area (Å²) in [5.41, 5.74) is 1.58. The number of halogens is 1. The zero-order valence-corrected chi connectivity index (χ0v) is 11.9. The molecule has 1 aliphatic heterocycles. The predicted molar refractivity (Wildman–Crippen MR) is 77.4 cm³/mol. The van der Waals surface area contributed by atoms with Gasteiger partial charge >= 0.3 is 5.97 Å². The number of piperidine rings is 1. The van der Waals surface area contributed by atoms with Crippen LogP contribution in [-0.4, -0.2) is 28.7 Å². The number of anilines is 1. The Kier molecular flexibility index (Phi) is 5.33. The number of benzene rings is 1. The summed E-state index contributed by atoms with van der Waals surface area (Å²) in [4.78, 5) is 23.5. The van der Waals surface area contributed by atoms with Gasteiger partial charge in [-0.25, -0.2) is 4.79 Å². The molecule has 20 heavy (non-hydrogen) atoms. The van der Waals surface area contributed by atoms with Gasteiger partial charge in [0.2, 0.25) is 0 Å². The lowest BCUT2D eigenvalue weighted by molar-refractivity contribution is -0.524. The van der Waals surface area contributed by atoms with E-state index < -0.39 is 12.1 Å². The van der Waals surface area contributed by atoms with Gasteiger partial charge in [-0.05, 0) is 43.5 Å². The van der Waals surface area contributed by atoms with Gasteiger partial charge in [0.15, 0.2) is 0 Å². The first-order valence-electron chi connectivity index (χ1n) is 6.25. The highest BCUT2D eigenvalue weighted by molar-refractivity contribution is 5.89. The second kappa shape index (κ2) is 6.56. The molecule has 1 fully saturated rings. The maximum Gasteiger partial charge on any atom is 0.335 e. The van der Waals surface area contributed by atoms with Gasteiger partial charge in [-0.2, -0.15) is 0 Å². The van der Waals surface area contributed by atoms with E-state index in [0.717, 1.165) is 18.5 Å². The van der Waals surface area contributed by atoms with Crippen molar-refractivity contribution in [1.82, 2.24) is 0 Å². The first-order chi connectivity index (χ1) is 9.00. The van der Waals surface area contributed by atoms with Gasteiger partial charge in [-0.3, -0.25) is 10.1 Å². The molecule has 0 saturated carbocycles. The minimum absolute atomic E-state index is 0. The highest BCUT2D eigenvalue weighted by Crippen LogP contribution is 2.27. The molecule has 1 unspecified atom stereocenters. The van der Waals surface area contributed by atoms with Crippen LogP contribution in [0.4, 0.5) is 5.69 Å². The van der Waals surface area contributed by atoms with Crippen molar-refractivity contribution in [2.24, 2.45) is 0 Å². The zero-order valence-electron chi connectivity index (χ0n) is 11.1. The Hall–Kier alpha value is -1.82. The normalized spacial score (nSPS) is 18.2. The summed E-state index contributed by atoms with van der Waals surface area (Å²) in [6, 6.07) is 4.88. The molecule has 1 N–H and O–H groups in total. The highest BCUT2D eigenvalue weighted by atomic mass is 35.5. The van der Waals surface area contributed by atoms with Gasteiger partial charge in [0.1, 0.15) is 0 Å². The number of nitrogens with zero attached hydrogens (tertiary/aromatic N) is 2. The maximum atomic E-state index is 11.1. The fraction of sp³-hybridized carbons (Fsp3) is 0.462. The molecule has 110 valence electrons. The second-order valence-corrected chi connectivity index (χ2v) is 4.76. The van der Waals surface area contributed by atoms with Gasteiger partial charge in [-0.15, -0.1) is 12.4 Å². The maximum absolute atomic E-state index is 11.1. The molecule has 1 saturated heterocycles. The fourth-order valence-corrected chi connectivity index (χ4v) is 2.50. The fourth-order valence-electron chi connectivity index (χ4n) is 2.50. The Labute approximate surface area is 123 Å². The van der Waals surface area contributed by atoms with Crippen LogP contribution in [0.25, 0.3) is 0 Å². The molecule has 1 aromatic carbocycles. The number of carboxylic acids is 1. The summed E-state index contributed by atoms with van der Waals surface area (Å²) < 4.78 is 0. The highest BCUT2D eigenvalue weighted by Gasteiger charge is 2.31. The molecule has 2 rings (SSSR count). The van der Waals surface area contributed by atoms with Crippen molar-refractivity contribution in [3.63, 3.8) is 0 Å². The Morgan fingerprint density at radius 3 is 2.70 bits per heavy atom. The van der Waals surface area contributed by atoms with Crippen LogP contribution in [0.5, 0.6) is 0 Å². The van der Waals surface area contributed by atoms with Crippen LogP contribution in [0.3, 0.4) is 0 Å². The lowest BCUT2D eigenvalue weighted by atomic mass is 10.0. The van der Waals surface area contributed by atoms with Crippen molar-refractivity contribution in [1.29, 1.82) is 0 Å². The van der Waals surface area contributed by atoms with E-state index in [2.05, 4.69) is 0 Å². The molecular formula is C13H17ClN2O4. The average Bonchev–Trinajstić information content (AvgIpc) is 2.38. The molecule has 0 spiro atoms. The largest absolute Gasteiger partial charge is 0.478 e. The third-order valence-electron chi connectivity index (χ3n) is 3.49. The van der Waals surface area contributed by atoms with Crippen molar-refractivity contribution < 1.29 is 14.8 Å². The predicted octanol–water partition coefficient (Wildman–Crippen LogP) is 2.71. The Morgan fingerprint density at radius 2 is 2.15 bits per heavy atom. The number of aromatic carboxylic acids is 1. The van der Waals surface area contributed by atoms with E-state index in [9.17, 15) is 14.9 Å². The monoisotopic (exact) mass is 300 g/mol. The summed E-state index contributed by atoms with van der Waals surface area (Å²) >= 11 is 0. The third kappa shape index (κ3) is 3.19. The summed E-state index contributed by atoms with van der Waals surface area (Å²) in [6.45, 7) is 2.34. The molecular weight excluding hydrogens is 284 g/mol.